The summed E-state index contributed by atoms with van der Waals surface area (Å²) in [4.78, 5) is 28.5. The molecule has 1 aromatic rings. The van der Waals surface area contributed by atoms with E-state index in [4.69, 9.17) is 5.73 Å². The summed E-state index contributed by atoms with van der Waals surface area (Å²) in [6, 6.07) is 7.73. The van der Waals surface area contributed by atoms with Gasteiger partial charge in [0.1, 0.15) is 6.04 Å². The van der Waals surface area contributed by atoms with E-state index >= 15 is 0 Å². The zero-order chi connectivity index (χ0) is 17.9. The molecule has 1 aromatic carbocycles. The van der Waals surface area contributed by atoms with Crippen molar-refractivity contribution in [3.63, 3.8) is 0 Å². The third kappa shape index (κ3) is 5.44. The highest BCUT2D eigenvalue weighted by atomic mass is 35.5. The summed E-state index contributed by atoms with van der Waals surface area (Å²) in [6.07, 6.45) is 1.04. The van der Waals surface area contributed by atoms with E-state index in [1.165, 1.54) is 5.56 Å². The molecule has 140 valence electrons. The molecular formula is C19H30ClN3O2. The second kappa shape index (κ2) is 8.68. The van der Waals surface area contributed by atoms with Crippen molar-refractivity contribution in [3.8, 4) is 0 Å². The smallest absolute Gasteiger partial charge is 0.245 e. The molecule has 2 rings (SSSR count). The zero-order valence-corrected chi connectivity index (χ0v) is 16.4. The molecule has 2 N–H and O–H groups in total. The second-order valence-corrected chi connectivity index (χ2v) is 7.62. The summed E-state index contributed by atoms with van der Waals surface area (Å²) in [5, 5.41) is 0. The van der Waals surface area contributed by atoms with Gasteiger partial charge in [-0.05, 0) is 30.9 Å². The van der Waals surface area contributed by atoms with Crippen LogP contribution in [0.2, 0.25) is 0 Å². The highest BCUT2D eigenvalue weighted by Gasteiger charge is 2.38. The lowest BCUT2D eigenvalue weighted by Gasteiger charge is -2.33. The van der Waals surface area contributed by atoms with Crippen LogP contribution in [0.5, 0.6) is 0 Å². The van der Waals surface area contributed by atoms with Crippen molar-refractivity contribution >= 4 is 24.2 Å². The molecule has 2 amide bonds. The van der Waals surface area contributed by atoms with Crippen LogP contribution in [-0.2, 0) is 16.1 Å². The molecule has 5 nitrogen and oxygen atoms in total. The Kier molecular flexibility index (Phi) is 7.44. The molecule has 0 aliphatic carbocycles. The lowest BCUT2D eigenvalue weighted by Crippen LogP contribution is -2.48. The topological polar surface area (TPSA) is 66.6 Å². The lowest BCUT2D eigenvalue weighted by atomic mass is 9.93. The fourth-order valence-electron chi connectivity index (χ4n) is 3.12. The second-order valence-electron chi connectivity index (χ2n) is 7.62. The van der Waals surface area contributed by atoms with E-state index in [2.05, 4.69) is 0 Å². The van der Waals surface area contributed by atoms with E-state index in [0.717, 1.165) is 5.56 Å². The van der Waals surface area contributed by atoms with Gasteiger partial charge in [-0.25, -0.2) is 0 Å². The van der Waals surface area contributed by atoms with Gasteiger partial charge in [0.05, 0.1) is 0 Å². The van der Waals surface area contributed by atoms with Crippen LogP contribution in [0, 0.1) is 12.3 Å². The number of hydrogen-bond acceptors (Lipinski definition) is 3. The maximum atomic E-state index is 12.8. The summed E-state index contributed by atoms with van der Waals surface area (Å²) in [6.45, 7) is 7.71. The van der Waals surface area contributed by atoms with Crippen LogP contribution in [0.25, 0.3) is 0 Å². The number of nitrogens with zero attached hydrogens (tertiary/aromatic N) is 2. The number of aryl methyl sites for hydroxylation is 1. The number of amides is 2. The third-order valence-corrected chi connectivity index (χ3v) is 4.68. The van der Waals surface area contributed by atoms with Gasteiger partial charge in [-0.15, -0.1) is 12.4 Å². The van der Waals surface area contributed by atoms with Crippen molar-refractivity contribution in [2.45, 2.75) is 46.2 Å². The molecule has 1 saturated heterocycles. The van der Waals surface area contributed by atoms with E-state index in [-0.39, 0.29) is 35.7 Å². The van der Waals surface area contributed by atoms with Crippen molar-refractivity contribution in [1.29, 1.82) is 0 Å². The molecular weight excluding hydrogens is 338 g/mol. The monoisotopic (exact) mass is 367 g/mol. The van der Waals surface area contributed by atoms with E-state index in [0.29, 0.717) is 32.5 Å². The SMILES string of the molecule is Cc1ccc(CN2C(=O)CCC2C(=O)N(C)CC(C)(C)CN)cc1.Cl. The lowest BCUT2D eigenvalue weighted by molar-refractivity contribution is -0.141. The van der Waals surface area contributed by atoms with Gasteiger partial charge >= 0.3 is 0 Å². The molecule has 25 heavy (non-hydrogen) atoms. The van der Waals surface area contributed by atoms with E-state index < -0.39 is 0 Å². The Morgan fingerprint density at radius 3 is 2.48 bits per heavy atom. The Balaban J connectivity index is 0.00000312. The van der Waals surface area contributed by atoms with Gasteiger partial charge in [0, 0.05) is 26.6 Å². The van der Waals surface area contributed by atoms with Crippen LogP contribution in [0.15, 0.2) is 24.3 Å². The largest absolute Gasteiger partial charge is 0.343 e. The van der Waals surface area contributed by atoms with Crippen LogP contribution >= 0.6 is 12.4 Å². The molecule has 0 aromatic heterocycles. The Bertz CT molecular complexity index is 601. The molecule has 1 fully saturated rings. The van der Waals surface area contributed by atoms with Gasteiger partial charge in [-0.3, -0.25) is 9.59 Å². The minimum atomic E-state index is -0.364. The van der Waals surface area contributed by atoms with Gasteiger partial charge in [0.25, 0.3) is 0 Å². The summed E-state index contributed by atoms with van der Waals surface area (Å²) in [5.41, 5.74) is 7.88. The molecule has 1 atom stereocenters. The van der Waals surface area contributed by atoms with Gasteiger partial charge in [0.15, 0.2) is 0 Å². The first kappa shape index (κ1) is 21.5. The summed E-state index contributed by atoms with van der Waals surface area (Å²) < 4.78 is 0. The van der Waals surface area contributed by atoms with Gasteiger partial charge < -0.3 is 15.5 Å². The maximum absolute atomic E-state index is 12.8. The highest BCUT2D eigenvalue weighted by molar-refractivity contribution is 5.90. The fraction of sp³-hybridized carbons (Fsp3) is 0.579. The molecule has 0 saturated carbocycles. The Morgan fingerprint density at radius 2 is 1.92 bits per heavy atom. The normalized spacial score (nSPS) is 17.4. The molecule has 1 aliphatic heterocycles. The van der Waals surface area contributed by atoms with Gasteiger partial charge in [-0.1, -0.05) is 43.7 Å². The fourth-order valence-corrected chi connectivity index (χ4v) is 3.12. The van der Waals surface area contributed by atoms with Crippen molar-refractivity contribution in [1.82, 2.24) is 9.80 Å². The number of rotatable bonds is 6. The number of hydrogen-bond donors (Lipinski definition) is 1. The van der Waals surface area contributed by atoms with Gasteiger partial charge in [-0.2, -0.15) is 0 Å². The first-order chi connectivity index (χ1) is 11.2. The third-order valence-electron chi connectivity index (χ3n) is 4.68. The van der Waals surface area contributed by atoms with Crippen molar-refractivity contribution < 1.29 is 9.59 Å². The summed E-state index contributed by atoms with van der Waals surface area (Å²) in [5.74, 6) is 0.0647. The molecule has 1 unspecified atom stereocenters. The number of nitrogens with two attached hydrogens (primary N) is 1. The Hall–Kier alpha value is -1.59. The number of likely N-dealkylation sites (N-methyl/N-ethyl adjacent to an activating group) is 1. The number of carbonyl (C=O) groups excluding carboxylic acids is 2. The summed E-state index contributed by atoms with van der Waals surface area (Å²) >= 11 is 0. The zero-order valence-electron chi connectivity index (χ0n) is 15.6. The van der Waals surface area contributed by atoms with E-state index in [9.17, 15) is 9.59 Å². The van der Waals surface area contributed by atoms with Crippen molar-refractivity contribution in [2.24, 2.45) is 11.1 Å². The number of carbonyl (C=O) groups is 2. The highest BCUT2D eigenvalue weighted by Crippen LogP contribution is 2.24. The first-order valence-electron chi connectivity index (χ1n) is 8.53. The average Bonchev–Trinajstić information content (AvgIpc) is 2.89. The van der Waals surface area contributed by atoms with Gasteiger partial charge in [0.2, 0.25) is 11.8 Å². The average molecular weight is 368 g/mol. The van der Waals surface area contributed by atoms with Crippen LogP contribution in [-0.4, -0.2) is 47.8 Å². The Morgan fingerprint density at radius 1 is 1.32 bits per heavy atom. The molecule has 0 bridgehead atoms. The predicted molar refractivity (Wildman–Crippen MR) is 102 cm³/mol. The van der Waals surface area contributed by atoms with Crippen molar-refractivity contribution in [3.05, 3.63) is 35.4 Å². The summed E-state index contributed by atoms with van der Waals surface area (Å²) in [7, 11) is 1.80. The minimum Gasteiger partial charge on any atom is -0.343 e. The molecule has 0 radical (unpaired) electrons. The van der Waals surface area contributed by atoms with Crippen LogP contribution in [0.1, 0.15) is 37.8 Å². The minimum absolute atomic E-state index is 0. The van der Waals surface area contributed by atoms with Crippen molar-refractivity contribution in [2.75, 3.05) is 20.1 Å². The number of likely N-dealkylation sites (tertiary alicyclic amines) is 1. The molecule has 1 aliphatic rings. The number of benzene rings is 1. The standard InChI is InChI=1S/C19H29N3O2.ClH/c1-14-5-7-15(8-6-14)11-22-16(9-10-17(22)23)18(24)21(4)13-19(2,3)12-20;/h5-8,16H,9-13,20H2,1-4H3;1H. The predicted octanol–water partition coefficient (Wildman–Crippen LogP) is 2.35. The van der Waals surface area contributed by atoms with Crippen LogP contribution in [0.4, 0.5) is 0 Å². The van der Waals surface area contributed by atoms with E-state index in [1.807, 2.05) is 45.0 Å². The molecule has 1 heterocycles. The van der Waals surface area contributed by atoms with E-state index in [1.54, 1.807) is 16.8 Å². The maximum Gasteiger partial charge on any atom is 0.245 e. The quantitative estimate of drug-likeness (QED) is 0.839. The van der Waals surface area contributed by atoms with Crippen LogP contribution < -0.4 is 5.73 Å². The molecule has 6 heteroatoms. The number of halogens is 1. The van der Waals surface area contributed by atoms with Crippen LogP contribution in [0.3, 0.4) is 0 Å². The Labute approximate surface area is 157 Å². The first-order valence-corrected chi connectivity index (χ1v) is 8.53. The molecule has 0 spiro atoms.